The van der Waals surface area contributed by atoms with Crippen LogP contribution < -0.4 is 4.90 Å². The van der Waals surface area contributed by atoms with Crippen LogP contribution >= 0.6 is 0 Å². The molecule has 1 aliphatic rings. The predicted octanol–water partition coefficient (Wildman–Crippen LogP) is 5.34. The Morgan fingerprint density at radius 3 is 2.52 bits per heavy atom. The third-order valence-corrected chi connectivity index (χ3v) is 8.37. The average Bonchev–Trinajstić information content (AvgIpc) is 3.68. The van der Waals surface area contributed by atoms with Crippen molar-refractivity contribution in [3.63, 3.8) is 0 Å². The minimum atomic E-state index is -1.00. The van der Waals surface area contributed by atoms with Gasteiger partial charge in [0.15, 0.2) is 0 Å². The van der Waals surface area contributed by atoms with Crippen LogP contribution in [0.4, 0.5) is 15.4 Å². The normalized spacial score (nSPS) is 17.1. The molecule has 5 rings (SSSR count). The molecule has 1 fully saturated rings. The molecule has 4 heterocycles. The highest BCUT2D eigenvalue weighted by molar-refractivity contribution is 6.06. The third-order valence-electron chi connectivity index (χ3n) is 8.37. The van der Waals surface area contributed by atoms with Crippen molar-refractivity contribution in [3.8, 4) is 22.6 Å². The minimum absolute atomic E-state index is 0.173. The zero-order chi connectivity index (χ0) is 34.7. The number of carbonyl (C=O) groups excluding carboxylic acids is 2. The molecule has 3 aromatic heterocycles. The molecule has 1 N–H and O–H groups in total. The number of piperidine rings is 1. The standard InChI is InChI=1S/C33H41N9O6/c1-8-47-32(46)48-21(3)42-37-28(36-38-42)26-24(19-35-39(26)7)22-13-15-23(16-14-22)30(43)41(29-20(2)11-9-17-34-29)25-12-10-18-40(31(44)45)27(25)33(4,5)6/h9,11,13-17,19,21,25,27H,8,10,12,18H2,1-7H3,(H,44,45)/t21-,25+,27?/m0/s1. The first-order valence-electron chi connectivity index (χ1n) is 15.8. The lowest BCUT2D eigenvalue weighted by atomic mass is 9.77. The first-order chi connectivity index (χ1) is 22.8. The number of anilines is 1. The lowest BCUT2D eigenvalue weighted by Crippen LogP contribution is -2.63. The summed E-state index contributed by atoms with van der Waals surface area (Å²) in [6, 6.07) is 9.93. The molecule has 0 saturated carbocycles. The number of nitrogens with zero attached hydrogens (tertiary/aromatic N) is 9. The molecule has 1 unspecified atom stereocenters. The topological polar surface area (TPSA) is 171 Å². The number of ether oxygens (including phenoxy) is 2. The smallest absolute Gasteiger partial charge is 0.465 e. The van der Waals surface area contributed by atoms with E-state index in [4.69, 9.17) is 9.47 Å². The number of tetrazole rings is 1. The number of benzene rings is 1. The fourth-order valence-electron chi connectivity index (χ4n) is 6.30. The van der Waals surface area contributed by atoms with Crippen LogP contribution in [-0.4, -0.2) is 88.4 Å². The quantitative estimate of drug-likeness (QED) is 0.242. The van der Waals surface area contributed by atoms with Crippen molar-refractivity contribution in [2.45, 2.75) is 72.7 Å². The molecule has 1 aromatic carbocycles. The van der Waals surface area contributed by atoms with Gasteiger partial charge in [-0.3, -0.25) is 14.4 Å². The maximum absolute atomic E-state index is 14.5. The Bertz CT molecular complexity index is 1780. The molecule has 2 amide bonds. The maximum atomic E-state index is 14.5. The Labute approximate surface area is 278 Å². The number of hydrogen-bond donors (Lipinski definition) is 1. The largest absolute Gasteiger partial charge is 0.510 e. The molecule has 1 aliphatic heterocycles. The van der Waals surface area contributed by atoms with E-state index in [-0.39, 0.29) is 18.3 Å². The Kier molecular flexibility index (Phi) is 9.77. The van der Waals surface area contributed by atoms with E-state index in [1.807, 2.05) is 52.0 Å². The molecule has 0 spiro atoms. The van der Waals surface area contributed by atoms with Crippen LogP contribution in [0.1, 0.15) is 69.6 Å². The fourth-order valence-corrected chi connectivity index (χ4v) is 6.30. The summed E-state index contributed by atoms with van der Waals surface area (Å²) >= 11 is 0. The van der Waals surface area contributed by atoms with Gasteiger partial charge in [-0.15, -0.1) is 15.0 Å². The number of hydrogen-bond acceptors (Lipinski definition) is 10. The number of carbonyl (C=O) groups is 3. The molecule has 0 bridgehead atoms. The van der Waals surface area contributed by atoms with Crippen molar-refractivity contribution in [3.05, 3.63) is 59.9 Å². The van der Waals surface area contributed by atoms with E-state index in [0.717, 1.165) is 11.1 Å². The second-order valence-corrected chi connectivity index (χ2v) is 12.8. The molecular weight excluding hydrogens is 618 g/mol. The Morgan fingerprint density at radius 1 is 1.15 bits per heavy atom. The van der Waals surface area contributed by atoms with Crippen LogP contribution in [0, 0.1) is 12.3 Å². The van der Waals surface area contributed by atoms with Crippen molar-refractivity contribution < 1.29 is 29.0 Å². The van der Waals surface area contributed by atoms with E-state index >= 15 is 0 Å². The Balaban J connectivity index is 1.48. The summed E-state index contributed by atoms with van der Waals surface area (Å²) in [5, 5.41) is 27.2. The second kappa shape index (κ2) is 13.8. The van der Waals surface area contributed by atoms with E-state index in [0.29, 0.717) is 42.0 Å². The minimum Gasteiger partial charge on any atom is -0.465 e. The first-order valence-corrected chi connectivity index (χ1v) is 15.8. The van der Waals surface area contributed by atoms with Gasteiger partial charge in [-0.2, -0.15) is 5.10 Å². The monoisotopic (exact) mass is 659 g/mol. The van der Waals surface area contributed by atoms with Crippen LogP contribution in [0.25, 0.3) is 22.6 Å². The maximum Gasteiger partial charge on any atom is 0.510 e. The molecule has 3 atom stereocenters. The zero-order valence-electron chi connectivity index (χ0n) is 28.2. The highest BCUT2D eigenvalue weighted by atomic mass is 16.7. The Hall–Kier alpha value is -5.34. The lowest BCUT2D eigenvalue weighted by molar-refractivity contribution is -0.00514. The summed E-state index contributed by atoms with van der Waals surface area (Å²) in [4.78, 5) is 47.6. The number of pyridine rings is 1. The molecule has 0 radical (unpaired) electrons. The van der Waals surface area contributed by atoms with Gasteiger partial charge in [-0.1, -0.05) is 39.0 Å². The molecule has 254 valence electrons. The van der Waals surface area contributed by atoms with E-state index < -0.39 is 36.0 Å². The van der Waals surface area contributed by atoms with Crippen molar-refractivity contribution in [1.82, 2.24) is 39.9 Å². The van der Waals surface area contributed by atoms with Crippen LogP contribution in [0.5, 0.6) is 0 Å². The van der Waals surface area contributed by atoms with Gasteiger partial charge < -0.3 is 19.5 Å². The zero-order valence-corrected chi connectivity index (χ0v) is 28.2. The molecule has 0 aliphatic carbocycles. The van der Waals surface area contributed by atoms with Crippen LogP contribution in [-0.2, 0) is 16.5 Å². The van der Waals surface area contributed by atoms with Crippen molar-refractivity contribution in [2.24, 2.45) is 12.5 Å². The summed E-state index contributed by atoms with van der Waals surface area (Å²) in [6.45, 7) is 11.7. The summed E-state index contributed by atoms with van der Waals surface area (Å²) in [5.74, 6) is 0.485. The van der Waals surface area contributed by atoms with Gasteiger partial charge in [0.2, 0.25) is 12.1 Å². The van der Waals surface area contributed by atoms with Gasteiger partial charge in [0, 0.05) is 30.9 Å². The van der Waals surface area contributed by atoms with Gasteiger partial charge in [-0.25, -0.2) is 14.6 Å². The van der Waals surface area contributed by atoms with Crippen LogP contribution in [0.2, 0.25) is 0 Å². The second-order valence-electron chi connectivity index (χ2n) is 12.8. The van der Waals surface area contributed by atoms with Crippen molar-refractivity contribution in [1.29, 1.82) is 0 Å². The first kappa shape index (κ1) is 34.0. The number of rotatable bonds is 8. The number of likely N-dealkylation sites (tertiary alicyclic amines) is 1. The fraction of sp³-hybridized carbons (Fsp3) is 0.455. The molecule has 4 aromatic rings. The number of aryl methyl sites for hydroxylation is 2. The predicted molar refractivity (Wildman–Crippen MR) is 175 cm³/mol. The highest BCUT2D eigenvalue weighted by Crippen LogP contribution is 2.38. The van der Waals surface area contributed by atoms with Gasteiger partial charge >= 0.3 is 12.2 Å². The lowest BCUT2D eigenvalue weighted by Gasteiger charge is -2.50. The van der Waals surface area contributed by atoms with Gasteiger partial charge in [0.1, 0.15) is 11.5 Å². The van der Waals surface area contributed by atoms with E-state index in [2.05, 4.69) is 25.5 Å². The van der Waals surface area contributed by atoms with Gasteiger partial charge in [-0.05, 0) is 73.6 Å². The van der Waals surface area contributed by atoms with E-state index in [1.54, 1.807) is 55.0 Å². The number of carboxylic acid groups (broad SMARTS) is 1. The molecule has 1 saturated heterocycles. The van der Waals surface area contributed by atoms with Crippen LogP contribution in [0.3, 0.4) is 0 Å². The molecule has 15 heteroatoms. The SMILES string of the molecule is CCOC(=O)O[C@@H](C)n1nnc(-c2c(-c3ccc(C(=O)N(c4ncccc4C)[C@@H]4CCCN(C(=O)O)C4C(C)(C)C)cc3)cnn2C)n1. The molecule has 15 nitrogen and oxygen atoms in total. The average molecular weight is 660 g/mol. The molecule has 48 heavy (non-hydrogen) atoms. The van der Waals surface area contributed by atoms with Gasteiger partial charge in [0.05, 0.1) is 24.9 Å². The summed E-state index contributed by atoms with van der Waals surface area (Å²) in [5.41, 5.74) is 2.80. The van der Waals surface area contributed by atoms with E-state index in [1.165, 1.54) is 9.70 Å². The third kappa shape index (κ3) is 6.85. The summed E-state index contributed by atoms with van der Waals surface area (Å²) < 4.78 is 11.6. The Morgan fingerprint density at radius 2 is 1.88 bits per heavy atom. The van der Waals surface area contributed by atoms with E-state index in [9.17, 15) is 19.5 Å². The van der Waals surface area contributed by atoms with Crippen molar-refractivity contribution in [2.75, 3.05) is 18.1 Å². The summed E-state index contributed by atoms with van der Waals surface area (Å²) in [7, 11) is 1.75. The summed E-state index contributed by atoms with van der Waals surface area (Å²) in [6.07, 6.45) is 1.86. The highest BCUT2D eigenvalue weighted by Gasteiger charge is 2.46. The number of aromatic nitrogens is 7. The number of amides is 2. The van der Waals surface area contributed by atoms with Crippen molar-refractivity contribution >= 4 is 24.0 Å². The molecular formula is C33H41N9O6. The van der Waals surface area contributed by atoms with Crippen LogP contribution in [0.15, 0.2) is 48.8 Å². The van der Waals surface area contributed by atoms with Gasteiger partial charge in [0.25, 0.3) is 5.91 Å².